The minimum Gasteiger partial charge on any atom is -0.478 e. The predicted octanol–water partition coefficient (Wildman–Crippen LogP) is 1.95. The van der Waals surface area contributed by atoms with Crippen molar-refractivity contribution in [3.05, 3.63) is 65.7 Å². The molecule has 3 aromatic rings. The molecule has 37 heavy (non-hydrogen) atoms. The summed E-state index contributed by atoms with van der Waals surface area (Å²) in [6.07, 6.45) is -0.512. The molecule has 0 spiro atoms. The van der Waals surface area contributed by atoms with E-state index < -0.39 is 47.8 Å². The monoisotopic (exact) mass is 509 g/mol. The number of aromatic carboxylic acids is 1. The normalized spacial score (nSPS) is 12.9. The largest absolute Gasteiger partial charge is 0.478 e. The minimum absolute atomic E-state index is 0.0642. The van der Waals surface area contributed by atoms with E-state index in [1.807, 2.05) is 0 Å². The van der Waals surface area contributed by atoms with Gasteiger partial charge in [-0.05, 0) is 42.8 Å². The number of hydrogen-bond acceptors (Lipinski definition) is 10. The van der Waals surface area contributed by atoms with Gasteiger partial charge in [-0.25, -0.2) is 14.3 Å². The molecule has 0 saturated carbocycles. The van der Waals surface area contributed by atoms with E-state index in [4.69, 9.17) is 15.2 Å². The van der Waals surface area contributed by atoms with E-state index in [1.165, 1.54) is 18.2 Å². The van der Waals surface area contributed by atoms with Crippen LogP contribution in [0.15, 0.2) is 54.6 Å². The van der Waals surface area contributed by atoms with Gasteiger partial charge in [-0.3, -0.25) is 9.59 Å². The van der Waals surface area contributed by atoms with Crippen molar-refractivity contribution >= 4 is 23.7 Å². The van der Waals surface area contributed by atoms with Crippen LogP contribution in [0.4, 0.5) is 0 Å². The van der Waals surface area contributed by atoms with Crippen LogP contribution in [-0.2, 0) is 30.5 Å². The molecule has 194 valence electrons. The van der Waals surface area contributed by atoms with Gasteiger partial charge < -0.3 is 20.3 Å². The molecule has 2 unspecified atom stereocenters. The number of Topliss-reactive ketones (excluding diaryl/α,β-unsaturated/α-hetero) is 1. The zero-order chi connectivity index (χ0) is 27.2. The number of carbonyl (C=O) groups excluding carboxylic acids is 3. The minimum atomic E-state index is -1.80. The highest BCUT2D eigenvalue weighted by atomic mass is 16.6. The van der Waals surface area contributed by atoms with Crippen LogP contribution in [-0.4, -0.2) is 60.6 Å². The second kappa shape index (κ2) is 11.5. The van der Waals surface area contributed by atoms with Crippen molar-refractivity contribution in [3.8, 4) is 11.4 Å². The lowest BCUT2D eigenvalue weighted by Crippen LogP contribution is -2.43. The number of tetrazole rings is 1. The quantitative estimate of drug-likeness (QED) is 0.301. The number of esters is 2. The van der Waals surface area contributed by atoms with Crippen molar-refractivity contribution in [1.82, 2.24) is 20.2 Å². The first-order chi connectivity index (χ1) is 17.5. The van der Waals surface area contributed by atoms with Crippen LogP contribution >= 0.6 is 0 Å². The summed E-state index contributed by atoms with van der Waals surface area (Å²) >= 11 is 0. The Kier molecular flexibility index (Phi) is 8.45. The summed E-state index contributed by atoms with van der Waals surface area (Å²) in [4.78, 5) is 50.7. The second-order valence-electron chi connectivity index (χ2n) is 9.09. The lowest BCUT2D eigenvalue weighted by atomic mass is 10.0. The summed E-state index contributed by atoms with van der Waals surface area (Å²) in [5, 5.41) is 20.8. The fourth-order valence-electron chi connectivity index (χ4n) is 3.42. The number of carbonyl (C=O) groups is 4. The standard InChI is InChI=1S/C25H27N5O7/c1-25(2,3)37-19(31)13-18(26)21(32)20(24(35)36-14-15-9-5-4-6-10-15)30-22(27-28-29-30)16-11-7-8-12-17(16)23(33)34/h4-12,18,20H,13-14,26H2,1-3H3,(H,33,34). The first kappa shape index (κ1) is 27.1. The Bertz CT molecular complexity index is 1280. The Morgan fingerprint density at radius 3 is 2.32 bits per heavy atom. The molecule has 0 aliphatic carbocycles. The smallest absolute Gasteiger partial charge is 0.339 e. The van der Waals surface area contributed by atoms with Gasteiger partial charge in [0.1, 0.15) is 12.2 Å². The summed E-state index contributed by atoms with van der Waals surface area (Å²) in [5.74, 6) is -4.11. The number of aromatic nitrogens is 4. The number of carboxylic acids is 1. The molecule has 2 aromatic carbocycles. The van der Waals surface area contributed by atoms with Gasteiger partial charge in [0.05, 0.1) is 18.0 Å². The van der Waals surface area contributed by atoms with E-state index in [0.717, 1.165) is 4.68 Å². The molecular formula is C25H27N5O7. The summed E-state index contributed by atoms with van der Waals surface area (Å²) in [6, 6.07) is 11.3. The fourth-order valence-corrected chi connectivity index (χ4v) is 3.42. The van der Waals surface area contributed by atoms with E-state index >= 15 is 0 Å². The maximum atomic E-state index is 13.4. The van der Waals surface area contributed by atoms with Crippen LogP contribution in [0.1, 0.15) is 49.2 Å². The Labute approximate surface area is 212 Å². The Morgan fingerprint density at radius 2 is 1.68 bits per heavy atom. The molecule has 3 N–H and O–H groups in total. The molecular weight excluding hydrogens is 482 g/mol. The van der Waals surface area contributed by atoms with Crippen molar-refractivity contribution in [3.63, 3.8) is 0 Å². The summed E-state index contributed by atoms with van der Waals surface area (Å²) in [7, 11) is 0. The molecule has 0 fully saturated rings. The highest BCUT2D eigenvalue weighted by Crippen LogP contribution is 2.25. The lowest BCUT2D eigenvalue weighted by Gasteiger charge is -2.22. The van der Waals surface area contributed by atoms with Crippen molar-refractivity contribution in [1.29, 1.82) is 0 Å². The number of nitrogens with zero attached hydrogens (tertiary/aromatic N) is 4. The van der Waals surface area contributed by atoms with Crippen molar-refractivity contribution < 1.29 is 33.8 Å². The van der Waals surface area contributed by atoms with Crippen LogP contribution in [0.2, 0.25) is 0 Å². The number of ketones is 1. The zero-order valence-corrected chi connectivity index (χ0v) is 20.5. The molecule has 12 nitrogen and oxygen atoms in total. The molecule has 0 saturated heterocycles. The third-order valence-electron chi connectivity index (χ3n) is 5.02. The van der Waals surface area contributed by atoms with Crippen LogP contribution in [0.3, 0.4) is 0 Å². The Balaban J connectivity index is 1.97. The van der Waals surface area contributed by atoms with Crippen LogP contribution in [0, 0.1) is 0 Å². The van der Waals surface area contributed by atoms with Gasteiger partial charge in [-0.1, -0.05) is 48.5 Å². The molecule has 0 amide bonds. The summed E-state index contributed by atoms with van der Waals surface area (Å²) in [6.45, 7) is 4.83. The van der Waals surface area contributed by atoms with E-state index in [-0.39, 0.29) is 23.6 Å². The highest BCUT2D eigenvalue weighted by molar-refractivity contribution is 6.05. The third kappa shape index (κ3) is 7.04. The van der Waals surface area contributed by atoms with E-state index in [0.29, 0.717) is 5.56 Å². The first-order valence-corrected chi connectivity index (χ1v) is 11.3. The van der Waals surface area contributed by atoms with Crippen LogP contribution < -0.4 is 5.73 Å². The molecule has 0 aliphatic heterocycles. The van der Waals surface area contributed by atoms with Crippen LogP contribution in [0.25, 0.3) is 11.4 Å². The van der Waals surface area contributed by atoms with Gasteiger partial charge in [0.25, 0.3) is 0 Å². The average molecular weight is 510 g/mol. The fraction of sp³-hybridized carbons (Fsp3) is 0.320. The molecule has 0 radical (unpaired) electrons. The number of benzene rings is 2. The summed E-state index contributed by atoms with van der Waals surface area (Å²) in [5.41, 5.74) is 5.79. The van der Waals surface area contributed by atoms with Gasteiger partial charge in [0, 0.05) is 5.56 Å². The molecule has 12 heteroatoms. The SMILES string of the molecule is CC(C)(C)OC(=O)CC(N)C(=O)C(C(=O)OCc1ccccc1)n1nnnc1-c1ccccc1C(=O)O. The van der Waals surface area contributed by atoms with Gasteiger partial charge in [0.15, 0.2) is 11.6 Å². The van der Waals surface area contributed by atoms with Gasteiger partial charge >= 0.3 is 17.9 Å². The Hall–Kier alpha value is -4.45. The second-order valence-corrected chi connectivity index (χ2v) is 9.09. The maximum absolute atomic E-state index is 13.4. The number of rotatable bonds is 10. The third-order valence-corrected chi connectivity index (χ3v) is 5.02. The molecule has 1 heterocycles. The molecule has 0 bridgehead atoms. The zero-order valence-electron chi connectivity index (χ0n) is 20.5. The van der Waals surface area contributed by atoms with Crippen molar-refractivity contribution in [2.24, 2.45) is 5.73 Å². The molecule has 3 rings (SSSR count). The number of hydrogen-bond donors (Lipinski definition) is 2. The molecule has 2 atom stereocenters. The predicted molar refractivity (Wildman–Crippen MR) is 129 cm³/mol. The van der Waals surface area contributed by atoms with Crippen molar-refractivity contribution in [2.75, 3.05) is 0 Å². The maximum Gasteiger partial charge on any atom is 0.339 e. The number of carboxylic acid groups (broad SMARTS) is 1. The van der Waals surface area contributed by atoms with Gasteiger partial charge in [-0.2, -0.15) is 0 Å². The number of nitrogens with two attached hydrogens (primary N) is 1. The van der Waals surface area contributed by atoms with E-state index in [2.05, 4.69) is 15.5 Å². The summed E-state index contributed by atoms with van der Waals surface area (Å²) < 4.78 is 11.5. The lowest BCUT2D eigenvalue weighted by molar-refractivity contribution is -0.158. The highest BCUT2D eigenvalue weighted by Gasteiger charge is 2.38. The van der Waals surface area contributed by atoms with E-state index in [1.54, 1.807) is 57.2 Å². The first-order valence-electron chi connectivity index (χ1n) is 11.3. The van der Waals surface area contributed by atoms with Gasteiger partial charge in [-0.15, -0.1) is 5.10 Å². The number of ether oxygens (including phenoxy) is 2. The average Bonchev–Trinajstić information content (AvgIpc) is 3.31. The topological polar surface area (TPSA) is 177 Å². The van der Waals surface area contributed by atoms with Crippen molar-refractivity contribution in [2.45, 2.75) is 51.5 Å². The van der Waals surface area contributed by atoms with Gasteiger partial charge in [0.2, 0.25) is 6.04 Å². The van der Waals surface area contributed by atoms with Crippen LogP contribution in [0.5, 0.6) is 0 Å². The molecule has 0 aliphatic rings. The van der Waals surface area contributed by atoms with E-state index in [9.17, 15) is 24.3 Å². The molecule has 1 aromatic heterocycles. The Morgan fingerprint density at radius 1 is 1.03 bits per heavy atom.